The molecule has 0 aromatic carbocycles. The normalized spacial score (nSPS) is 20.5. The van der Waals surface area contributed by atoms with Gasteiger partial charge in [0, 0.05) is 24.3 Å². The summed E-state index contributed by atoms with van der Waals surface area (Å²) in [6, 6.07) is 4.69. The zero-order valence-electron chi connectivity index (χ0n) is 9.29. The summed E-state index contributed by atoms with van der Waals surface area (Å²) in [6.45, 7) is 4.30. The largest absolute Gasteiger partial charge is 0.370 e. The first-order valence-corrected chi connectivity index (χ1v) is 5.84. The first-order valence-electron chi connectivity index (χ1n) is 5.84. The van der Waals surface area contributed by atoms with E-state index in [2.05, 4.69) is 28.6 Å². The standard InChI is InChI=1S/C12H19N3/c1-2-7-14-12-10(5-3-9-15-12)11-6-4-8-13-11/h3,5,9,11,13H,2,4,6-8H2,1H3,(H,14,15). The van der Waals surface area contributed by atoms with Crippen LogP contribution in [0.1, 0.15) is 37.8 Å². The molecular formula is C12H19N3. The highest BCUT2D eigenvalue weighted by molar-refractivity contribution is 5.45. The summed E-state index contributed by atoms with van der Waals surface area (Å²) in [5, 5.41) is 6.90. The molecule has 1 aliphatic heterocycles. The predicted octanol–water partition coefficient (Wildman–Crippen LogP) is 2.33. The molecule has 2 N–H and O–H groups in total. The number of hydrogen-bond acceptors (Lipinski definition) is 3. The van der Waals surface area contributed by atoms with Crippen molar-refractivity contribution in [2.45, 2.75) is 32.2 Å². The maximum absolute atomic E-state index is 4.41. The molecular weight excluding hydrogens is 186 g/mol. The van der Waals surface area contributed by atoms with Gasteiger partial charge in [0.1, 0.15) is 5.82 Å². The molecule has 2 rings (SSSR count). The first-order chi connectivity index (χ1) is 7.42. The van der Waals surface area contributed by atoms with Crippen LogP contribution in [-0.4, -0.2) is 18.1 Å². The Morgan fingerprint density at radius 1 is 1.60 bits per heavy atom. The van der Waals surface area contributed by atoms with Crippen molar-refractivity contribution in [1.29, 1.82) is 0 Å². The predicted molar refractivity (Wildman–Crippen MR) is 63.0 cm³/mol. The Morgan fingerprint density at radius 2 is 2.53 bits per heavy atom. The molecule has 0 saturated carbocycles. The Labute approximate surface area is 91.3 Å². The lowest BCUT2D eigenvalue weighted by Gasteiger charge is -2.15. The second-order valence-electron chi connectivity index (χ2n) is 4.02. The molecule has 0 amide bonds. The van der Waals surface area contributed by atoms with Crippen LogP contribution in [0.5, 0.6) is 0 Å². The van der Waals surface area contributed by atoms with Gasteiger partial charge < -0.3 is 10.6 Å². The van der Waals surface area contributed by atoms with E-state index in [4.69, 9.17) is 0 Å². The van der Waals surface area contributed by atoms with Crippen molar-refractivity contribution in [3.05, 3.63) is 23.9 Å². The smallest absolute Gasteiger partial charge is 0.130 e. The van der Waals surface area contributed by atoms with Crippen LogP contribution in [0, 0.1) is 0 Å². The van der Waals surface area contributed by atoms with E-state index in [0.29, 0.717) is 6.04 Å². The molecule has 1 fully saturated rings. The van der Waals surface area contributed by atoms with Crippen molar-refractivity contribution in [2.24, 2.45) is 0 Å². The minimum Gasteiger partial charge on any atom is -0.370 e. The highest BCUT2D eigenvalue weighted by atomic mass is 15.0. The van der Waals surface area contributed by atoms with Gasteiger partial charge in [-0.15, -0.1) is 0 Å². The third-order valence-corrected chi connectivity index (χ3v) is 2.82. The Balaban J connectivity index is 2.13. The molecule has 0 spiro atoms. The van der Waals surface area contributed by atoms with Crippen LogP contribution < -0.4 is 10.6 Å². The Kier molecular flexibility index (Phi) is 3.56. The van der Waals surface area contributed by atoms with Gasteiger partial charge in [0.25, 0.3) is 0 Å². The van der Waals surface area contributed by atoms with Gasteiger partial charge >= 0.3 is 0 Å². The Hall–Kier alpha value is -1.09. The van der Waals surface area contributed by atoms with E-state index in [-0.39, 0.29) is 0 Å². The maximum Gasteiger partial charge on any atom is 0.130 e. The molecule has 3 nitrogen and oxygen atoms in total. The highest BCUT2D eigenvalue weighted by Gasteiger charge is 2.19. The van der Waals surface area contributed by atoms with Crippen LogP contribution in [0.25, 0.3) is 0 Å². The van der Waals surface area contributed by atoms with Gasteiger partial charge in [0.05, 0.1) is 0 Å². The summed E-state index contributed by atoms with van der Waals surface area (Å²) in [5.74, 6) is 1.05. The quantitative estimate of drug-likeness (QED) is 0.792. The fourth-order valence-electron chi connectivity index (χ4n) is 2.04. The minimum absolute atomic E-state index is 0.498. The summed E-state index contributed by atoms with van der Waals surface area (Å²) in [5.41, 5.74) is 1.32. The third-order valence-electron chi connectivity index (χ3n) is 2.82. The Morgan fingerprint density at radius 3 is 3.27 bits per heavy atom. The second-order valence-corrected chi connectivity index (χ2v) is 4.02. The van der Waals surface area contributed by atoms with Crippen LogP contribution in [0.3, 0.4) is 0 Å². The summed E-state index contributed by atoms with van der Waals surface area (Å²) < 4.78 is 0. The van der Waals surface area contributed by atoms with E-state index >= 15 is 0 Å². The Bertz CT molecular complexity index is 305. The summed E-state index contributed by atoms with van der Waals surface area (Å²) in [4.78, 5) is 4.41. The van der Waals surface area contributed by atoms with E-state index < -0.39 is 0 Å². The molecule has 1 aliphatic rings. The maximum atomic E-state index is 4.41. The van der Waals surface area contributed by atoms with E-state index in [1.54, 1.807) is 0 Å². The average Bonchev–Trinajstić information content (AvgIpc) is 2.80. The van der Waals surface area contributed by atoms with Crippen LogP contribution in [0.2, 0.25) is 0 Å². The van der Waals surface area contributed by atoms with Crippen molar-refractivity contribution in [3.63, 3.8) is 0 Å². The van der Waals surface area contributed by atoms with Gasteiger partial charge in [-0.2, -0.15) is 0 Å². The third kappa shape index (κ3) is 2.48. The molecule has 2 heterocycles. The number of hydrogen-bond donors (Lipinski definition) is 2. The van der Waals surface area contributed by atoms with Gasteiger partial charge in [-0.05, 0) is 31.9 Å². The van der Waals surface area contributed by atoms with Crippen molar-refractivity contribution in [3.8, 4) is 0 Å². The number of anilines is 1. The average molecular weight is 205 g/mol. The second kappa shape index (κ2) is 5.12. The van der Waals surface area contributed by atoms with Crippen molar-refractivity contribution in [1.82, 2.24) is 10.3 Å². The minimum atomic E-state index is 0.498. The SMILES string of the molecule is CCCNc1ncccc1C1CCCN1. The van der Waals surface area contributed by atoms with Crippen LogP contribution in [0.4, 0.5) is 5.82 Å². The molecule has 0 bridgehead atoms. The molecule has 1 aromatic heterocycles. The van der Waals surface area contributed by atoms with Crippen LogP contribution >= 0.6 is 0 Å². The molecule has 0 aliphatic carbocycles. The molecule has 1 aromatic rings. The van der Waals surface area contributed by atoms with Gasteiger partial charge in [-0.3, -0.25) is 0 Å². The first kappa shape index (κ1) is 10.4. The lowest BCUT2D eigenvalue weighted by atomic mass is 10.1. The van der Waals surface area contributed by atoms with Crippen molar-refractivity contribution < 1.29 is 0 Å². The van der Waals surface area contributed by atoms with Crippen LogP contribution in [0.15, 0.2) is 18.3 Å². The fraction of sp³-hybridized carbons (Fsp3) is 0.583. The topological polar surface area (TPSA) is 37.0 Å². The zero-order valence-corrected chi connectivity index (χ0v) is 9.29. The number of rotatable bonds is 4. The molecule has 1 atom stereocenters. The van der Waals surface area contributed by atoms with E-state index in [1.165, 1.54) is 18.4 Å². The molecule has 15 heavy (non-hydrogen) atoms. The molecule has 1 unspecified atom stereocenters. The molecule has 82 valence electrons. The van der Waals surface area contributed by atoms with Gasteiger partial charge in [0.2, 0.25) is 0 Å². The highest BCUT2D eigenvalue weighted by Crippen LogP contribution is 2.27. The van der Waals surface area contributed by atoms with Crippen molar-refractivity contribution >= 4 is 5.82 Å². The molecule has 3 heteroatoms. The van der Waals surface area contributed by atoms with E-state index in [1.807, 2.05) is 12.3 Å². The number of aromatic nitrogens is 1. The van der Waals surface area contributed by atoms with Crippen molar-refractivity contribution in [2.75, 3.05) is 18.4 Å². The summed E-state index contributed by atoms with van der Waals surface area (Å²) in [7, 11) is 0. The summed E-state index contributed by atoms with van der Waals surface area (Å²) >= 11 is 0. The number of pyridine rings is 1. The number of nitrogens with one attached hydrogen (secondary N) is 2. The molecule has 0 radical (unpaired) electrons. The van der Waals surface area contributed by atoms with Gasteiger partial charge in [-0.1, -0.05) is 13.0 Å². The zero-order chi connectivity index (χ0) is 10.5. The fourth-order valence-corrected chi connectivity index (χ4v) is 2.04. The van der Waals surface area contributed by atoms with E-state index in [9.17, 15) is 0 Å². The van der Waals surface area contributed by atoms with E-state index in [0.717, 1.165) is 25.3 Å². The summed E-state index contributed by atoms with van der Waals surface area (Å²) in [6.07, 6.45) is 5.49. The monoisotopic (exact) mass is 205 g/mol. The van der Waals surface area contributed by atoms with Crippen LogP contribution in [-0.2, 0) is 0 Å². The van der Waals surface area contributed by atoms with Gasteiger partial charge in [-0.25, -0.2) is 4.98 Å². The van der Waals surface area contributed by atoms with Gasteiger partial charge in [0.15, 0.2) is 0 Å². The lowest BCUT2D eigenvalue weighted by molar-refractivity contribution is 0.646. The lowest BCUT2D eigenvalue weighted by Crippen LogP contribution is -2.16. The molecule has 1 saturated heterocycles. The number of nitrogens with zero attached hydrogens (tertiary/aromatic N) is 1.